The van der Waals surface area contributed by atoms with E-state index in [4.69, 9.17) is 0 Å². The third-order valence-electron chi connectivity index (χ3n) is 1.63. The van der Waals surface area contributed by atoms with Gasteiger partial charge in [-0.3, -0.25) is 0 Å². The minimum atomic E-state index is 0.539. The molecule has 74 valence electrons. The second-order valence-electron chi connectivity index (χ2n) is 3.32. The van der Waals surface area contributed by atoms with E-state index in [0.29, 0.717) is 6.04 Å². The van der Waals surface area contributed by atoms with Crippen LogP contribution < -0.4 is 5.32 Å². The molecule has 1 nitrogen and oxygen atoms in total. The summed E-state index contributed by atoms with van der Waals surface area (Å²) in [7, 11) is 0. The van der Waals surface area contributed by atoms with Crippen LogP contribution in [0.25, 0.3) is 0 Å². The van der Waals surface area contributed by atoms with Gasteiger partial charge in [0.1, 0.15) is 0 Å². The van der Waals surface area contributed by atoms with Gasteiger partial charge in [-0.25, -0.2) is 0 Å². The summed E-state index contributed by atoms with van der Waals surface area (Å²) in [5, 5.41) is 3.39. The predicted octanol–water partition coefficient (Wildman–Crippen LogP) is 3.06. The Balaban J connectivity index is 4.02. The molecular formula is C12H21N. The van der Waals surface area contributed by atoms with E-state index < -0.39 is 0 Å². The molecule has 1 N–H and O–H groups in total. The van der Waals surface area contributed by atoms with Crippen molar-refractivity contribution in [3.63, 3.8) is 0 Å². The summed E-state index contributed by atoms with van der Waals surface area (Å²) in [4.78, 5) is 0. The molecule has 0 aliphatic rings. The molecule has 0 rings (SSSR count). The minimum Gasteiger partial charge on any atom is -0.310 e. The molecule has 0 heterocycles. The molecule has 0 bridgehead atoms. The van der Waals surface area contributed by atoms with Gasteiger partial charge in [0.25, 0.3) is 0 Å². The Bertz CT molecular complexity index is 187. The van der Waals surface area contributed by atoms with Gasteiger partial charge in [0.05, 0.1) is 0 Å². The summed E-state index contributed by atoms with van der Waals surface area (Å²) in [6.45, 7) is 11.1. The lowest BCUT2D eigenvalue weighted by Gasteiger charge is -2.08. The number of rotatable bonds is 6. The smallest absolute Gasteiger partial charge is 0.0204 e. The lowest BCUT2D eigenvalue weighted by atomic mass is 10.2. The summed E-state index contributed by atoms with van der Waals surface area (Å²) in [6, 6.07) is 0.539. The lowest BCUT2D eigenvalue weighted by molar-refractivity contribution is 0.625. The number of hydrogen-bond donors (Lipinski definition) is 1. The highest BCUT2D eigenvalue weighted by Crippen LogP contribution is 1.98. The zero-order valence-corrected chi connectivity index (χ0v) is 9.01. The molecule has 0 radical (unpaired) electrons. The van der Waals surface area contributed by atoms with Crippen molar-refractivity contribution in [2.75, 3.05) is 6.54 Å². The highest BCUT2D eigenvalue weighted by atomic mass is 14.9. The van der Waals surface area contributed by atoms with Crippen molar-refractivity contribution >= 4 is 0 Å². The van der Waals surface area contributed by atoms with Gasteiger partial charge in [0.15, 0.2) is 0 Å². The van der Waals surface area contributed by atoms with Crippen LogP contribution >= 0.6 is 0 Å². The molecule has 0 saturated heterocycles. The van der Waals surface area contributed by atoms with E-state index in [1.54, 1.807) is 6.08 Å². The molecule has 0 aliphatic heterocycles. The van der Waals surface area contributed by atoms with Crippen LogP contribution in [0.15, 0.2) is 36.5 Å². The Morgan fingerprint density at radius 2 is 2.15 bits per heavy atom. The maximum Gasteiger partial charge on any atom is 0.0204 e. The quantitative estimate of drug-likeness (QED) is 0.618. The van der Waals surface area contributed by atoms with Crippen molar-refractivity contribution in [2.24, 2.45) is 0 Å². The van der Waals surface area contributed by atoms with Gasteiger partial charge in [-0.2, -0.15) is 0 Å². The maximum atomic E-state index is 3.65. The van der Waals surface area contributed by atoms with Gasteiger partial charge >= 0.3 is 0 Å². The fourth-order valence-electron chi connectivity index (χ4n) is 0.975. The van der Waals surface area contributed by atoms with Crippen LogP contribution in [-0.4, -0.2) is 12.6 Å². The summed E-state index contributed by atoms with van der Waals surface area (Å²) in [6.07, 6.45) is 9.19. The molecule has 0 fully saturated rings. The van der Waals surface area contributed by atoms with Crippen LogP contribution in [0, 0.1) is 0 Å². The molecule has 0 spiro atoms. The Morgan fingerprint density at radius 1 is 1.46 bits per heavy atom. The van der Waals surface area contributed by atoms with E-state index in [9.17, 15) is 0 Å². The summed E-state index contributed by atoms with van der Waals surface area (Å²) in [5.74, 6) is 0. The topological polar surface area (TPSA) is 12.0 Å². The highest BCUT2D eigenvalue weighted by Gasteiger charge is 1.93. The zero-order valence-electron chi connectivity index (χ0n) is 9.01. The number of allylic oxidation sites excluding steroid dienone is 3. The van der Waals surface area contributed by atoms with Gasteiger partial charge in [-0.05, 0) is 12.0 Å². The fraction of sp³-hybridized carbons (Fsp3) is 0.500. The van der Waals surface area contributed by atoms with E-state index in [-0.39, 0.29) is 0 Å². The van der Waals surface area contributed by atoms with Crippen molar-refractivity contribution in [2.45, 2.75) is 33.2 Å². The van der Waals surface area contributed by atoms with Crippen LogP contribution in [0.5, 0.6) is 0 Å². The standard InChI is InChI=1S/C12H21N/c1-5-7-9-12(8-6-2)10-13-11(3)4/h5,7-9,11,13H,1,6,10H2,2-4H3/b9-7-,12-8+. The van der Waals surface area contributed by atoms with Crippen molar-refractivity contribution < 1.29 is 0 Å². The first-order valence-corrected chi connectivity index (χ1v) is 4.92. The van der Waals surface area contributed by atoms with Gasteiger partial charge in [-0.15, -0.1) is 0 Å². The zero-order chi connectivity index (χ0) is 10.1. The van der Waals surface area contributed by atoms with Crippen LogP contribution in [0.4, 0.5) is 0 Å². The fourth-order valence-corrected chi connectivity index (χ4v) is 0.975. The first-order valence-electron chi connectivity index (χ1n) is 4.92. The first-order chi connectivity index (χ1) is 6.20. The molecule has 0 atom stereocenters. The maximum absolute atomic E-state index is 3.65. The molecule has 1 heteroatoms. The average Bonchev–Trinajstić information content (AvgIpc) is 2.09. The van der Waals surface area contributed by atoms with Crippen LogP contribution in [0.3, 0.4) is 0 Å². The number of nitrogens with one attached hydrogen (secondary N) is 1. The second-order valence-corrected chi connectivity index (χ2v) is 3.32. The largest absolute Gasteiger partial charge is 0.310 e. The Morgan fingerprint density at radius 3 is 2.62 bits per heavy atom. The van der Waals surface area contributed by atoms with Crippen molar-refractivity contribution in [1.82, 2.24) is 5.32 Å². The van der Waals surface area contributed by atoms with Gasteiger partial charge in [0, 0.05) is 12.6 Å². The molecule has 0 amide bonds. The minimum absolute atomic E-state index is 0.539. The van der Waals surface area contributed by atoms with E-state index in [1.165, 1.54) is 5.57 Å². The third-order valence-corrected chi connectivity index (χ3v) is 1.63. The molecular weight excluding hydrogens is 158 g/mol. The van der Waals surface area contributed by atoms with Gasteiger partial charge in [-0.1, -0.05) is 51.7 Å². The monoisotopic (exact) mass is 179 g/mol. The normalized spacial score (nSPS) is 12.8. The number of hydrogen-bond acceptors (Lipinski definition) is 1. The predicted molar refractivity (Wildman–Crippen MR) is 60.8 cm³/mol. The Kier molecular flexibility index (Phi) is 7.32. The highest BCUT2D eigenvalue weighted by molar-refractivity contribution is 5.22. The van der Waals surface area contributed by atoms with E-state index in [2.05, 4.69) is 44.8 Å². The Hall–Kier alpha value is -0.820. The average molecular weight is 179 g/mol. The molecule has 13 heavy (non-hydrogen) atoms. The first kappa shape index (κ1) is 12.2. The van der Waals surface area contributed by atoms with Crippen LogP contribution in [-0.2, 0) is 0 Å². The molecule has 0 aromatic rings. The van der Waals surface area contributed by atoms with E-state index >= 15 is 0 Å². The van der Waals surface area contributed by atoms with Gasteiger partial charge in [0.2, 0.25) is 0 Å². The van der Waals surface area contributed by atoms with Crippen LogP contribution in [0.2, 0.25) is 0 Å². The molecule has 0 saturated carbocycles. The second kappa shape index (κ2) is 7.81. The van der Waals surface area contributed by atoms with Crippen LogP contribution in [0.1, 0.15) is 27.2 Å². The lowest BCUT2D eigenvalue weighted by Crippen LogP contribution is -2.24. The van der Waals surface area contributed by atoms with Crippen molar-refractivity contribution in [1.29, 1.82) is 0 Å². The van der Waals surface area contributed by atoms with E-state index in [0.717, 1.165) is 13.0 Å². The van der Waals surface area contributed by atoms with Crippen molar-refractivity contribution in [3.05, 3.63) is 36.5 Å². The molecule has 0 aromatic carbocycles. The third kappa shape index (κ3) is 7.54. The molecule has 0 unspecified atom stereocenters. The SMILES string of the molecule is C=C/C=C\C(=C/CC)CNC(C)C. The summed E-state index contributed by atoms with van der Waals surface area (Å²) in [5.41, 5.74) is 1.33. The van der Waals surface area contributed by atoms with E-state index in [1.807, 2.05) is 6.08 Å². The summed E-state index contributed by atoms with van der Waals surface area (Å²) >= 11 is 0. The molecule has 0 aliphatic carbocycles. The molecule has 0 aromatic heterocycles. The summed E-state index contributed by atoms with van der Waals surface area (Å²) < 4.78 is 0. The van der Waals surface area contributed by atoms with Gasteiger partial charge < -0.3 is 5.32 Å². The van der Waals surface area contributed by atoms with Crippen molar-refractivity contribution in [3.8, 4) is 0 Å². The Labute approximate surface area is 82.2 Å².